The van der Waals surface area contributed by atoms with Crippen LogP contribution in [0.1, 0.15) is 6.92 Å². The molecule has 7 heteroatoms. The smallest absolute Gasteiger partial charge is 0.208 e. The van der Waals surface area contributed by atoms with Crippen LogP contribution in [0.15, 0.2) is 0 Å². The summed E-state index contributed by atoms with van der Waals surface area (Å²) in [5, 5.41) is 3.19. The van der Waals surface area contributed by atoms with E-state index in [-0.39, 0.29) is 6.10 Å². The van der Waals surface area contributed by atoms with E-state index < -0.39 is 10.0 Å². The highest BCUT2D eigenvalue weighted by Gasteiger charge is 2.18. The van der Waals surface area contributed by atoms with Gasteiger partial charge in [-0.1, -0.05) is 6.92 Å². The van der Waals surface area contributed by atoms with Gasteiger partial charge in [0.05, 0.1) is 19.0 Å². The van der Waals surface area contributed by atoms with E-state index in [9.17, 15) is 8.42 Å². The number of hydrogen-bond donors (Lipinski definition) is 2. The number of ether oxygens (including phenoxy) is 1. The second-order valence-corrected chi connectivity index (χ2v) is 6.09. The maximum atomic E-state index is 10.8. The van der Waals surface area contributed by atoms with Crippen molar-refractivity contribution >= 4 is 10.0 Å². The van der Waals surface area contributed by atoms with Gasteiger partial charge in [0, 0.05) is 32.7 Å². The minimum Gasteiger partial charge on any atom is -0.374 e. The van der Waals surface area contributed by atoms with Crippen molar-refractivity contribution in [1.82, 2.24) is 14.9 Å². The molecule has 1 heterocycles. The predicted molar refractivity (Wildman–Crippen MR) is 67.6 cm³/mol. The molecule has 0 radical (unpaired) electrons. The van der Waals surface area contributed by atoms with Crippen LogP contribution in [-0.4, -0.2) is 71.6 Å². The van der Waals surface area contributed by atoms with Crippen molar-refractivity contribution in [1.29, 1.82) is 0 Å². The Hall–Kier alpha value is -0.210. The summed E-state index contributed by atoms with van der Waals surface area (Å²) in [5.41, 5.74) is 0. The minimum absolute atomic E-state index is 0.210. The van der Waals surface area contributed by atoms with Crippen LogP contribution in [0.3, 0.4) is 0 Å². The first kappa shape index (κ1) is 14.8. The summed E-state index contributed by atoms with van der Waals surface area (Å²) < 4.78 is 29.7. The summed E-state index contributed by atoms with van der Waals surface area (Å²) in [7, 11) is -3.07. The topological polar surface area (TPSA) is 70.7 Å². The van der Waals surface area contributed by atoms with Gasteiger partial charge in [-0.2, -0.15) is 0 Å². The Morgan fingerprint density at radius 3 is 2.82 bits per heavy atom. The van der Waals surface area contributed by atoms with Crippen LogP contribution in [0.4, 0.5) is 0 Å². The lowest BCUT2D eigenvalue weighted by Gasteiger charge is -2.32. The number of nitrogens with one attached hydrogen (secondary N) is 2. The molecule has 1 atom stereocenters. The molecule has 0 aromatic carbocycles. The van der Waals surface area contributed by atoms with E-state index in [0.29, 0.717) is 13.1 Å². The van der Waals surface area contributed by atoms with E-state index >= 15 is 0 Å². The second-order valence-electron chi connectivity index (χ2n) is 4.26. The first-order chi connectivity index (χ1) is 8.01. The minimum atomic E-state index is -3.07. The van der Waals surface area contributed by atoms with Crippen molar-refractivity contribution in [3.05, 3.63) is 0 Å². The fourth-order valence-electron chi connectivity index (χ4n) is 1.78. The van der Waals surface area contributed by atoms with Gasteiger partial charge in [-0.05, 0) is 6.54 Å². The highest BCUT2D eigenvalue weighted by Crippen LogP contribution is 2.03. The van der Waals surface area contributed by atoms with E-state index in [4.69, 9.17) is 4.74 Å². The molecule has 1 saturated heterocycles. The average molecular weight is 265 g/mol. The zero-order valence-corrected chi connectivity index (χ0v) is 11.4. The van der Waals surface area contributed by atoms with E-state index in [2.05, 4.69) is 21.9 Å². The molecule has 0 aromatic rings. The SMILES string of the molecule is CCN1CCOC(CNCCNS(C)(=O)=O)C1. The van der Waals surface area contributed by atoms with Gasteiger partial charge in [0.2, 0.25) is 10.0 Å². The lowest BCUT2D eigenvalue weighted by atomic mass is 10.2. The molecule has 2 N–H and O–H groups in total. The number of rotatable bonds is 7. The Morgan fingerprint density at radius 1 is 1.41 bits per heavy atom. The van der Waals surface area contributed by atoms with Gasteiger partial charge in [-0.15, -0.1) is 0 Å². The number of hydrogen-bond acceptors (Lipinski definition) is 5. The number of morpholine rings is 1. The van der Waals surface area contributed by atoms with Crippen LogP contribution in [0.5, 0.6) is 0 Å². The Balaban J connectivity index is 2.06. The molecule has 102 valence electrons. The average Bonchev–Trinajstić information content (AvgIpc) is 2.27. The third kappa shape index (κ3) is 6.95. The van der Waals surface area contributed by atoms with E-state index in [1.807, 2.05) is 0 Å². The van der Waals surface area contributed by atoms with Crippen LogP contribution in [0.2, 0.25) is 0 Å². The van der Waals surface area contributed by atoms with Gasteiger partial charge >= 0.3 is 0 Å². The summed E-state index contributed by atoms with van der Waals surface area (Å²) in [6, 6.07) is 0. The van der Waals surface area contributed by atoms with Gasteiger partial charge < -0.3 is 10.1 Å². The van der Waals surface area contributed by atoms with E-state index in [0.717, 1.165) is 39.0 Å². The number of nitrogens with zero attached hydrogens (tertiary/aromatic N) is 1. The van der Waals surface area contributed by atoms with Crippen molar-refractivity contribution in [3.8, 4) is 0 Å². The number of likely N-dealkylation sites (N-methyl/N-ethyl adjacent to an activating group) is 1. The highest BCUT2D eigenvalue weighted by molar-refractivity contribution is 7.88. The fourth-order valence-corrected chi connectivity index (χ4v) is 2.25. The van der Waals surface area contributed by atoms with Crippen molar-refractivity contribution in [2.75, 3.05) is 52.1 Å². The van der Waals surface area contributed by atoms with Crippen LogP contribution in [0.25, 0.3) is 0 Å². The summed E-state index contributed by atoms with van der Waals surface area (Å²) in [5.74, 6) is 0. The lowest BCUT2D eigenvalue weighted by Crippen LogP contribution is -2.47. The first-order valence-corrected chi connectivity index (χ1v) is 7.89. The molecule has 1 unspecified atom stereocenters. The van der Waals surface area contributed by atoms with Crippen LogP contribution >= 0.6 is 0 Å². The molecular formula is C10H23N3O3S. The Labute approximate surface area is 104 Å². The molecule has 6 nitrogen and oxygen atoms in total. The third-order valence-corrected chi connectivity index (χ3v) is 3.44. The molecule has 0 aromatic heterocycles. The Kier molecular flexibility index (Phi) is 6.35. The van der Waals surface area contributed by atoms with Crippen LogP contribution < -0.4 is 10.0 Å². The van der Waals surface area contributed by atoms with Gasteiger partial charge in [0.1, 0.15) is 0 Å². The molecule has 0 amide bonds. The Bertz CT molecular complexity index is 308. The van der Waals surface area contributed by atoms with Gasteiger partial charge in [-0.25, -0.2) is 13.1 Å². The monoisotopic (exact) mass is 265 g/mol. The van der Waals surface area contributed by atoms with Crippen molar-refractivity contribution in [3.63, 3.8) is 0 Å². The lowest BCUT2D eigenvalue weighted by molar-refractivity contribution is -0.0250. The quantitative estimate of drug-likeness (QED) is 0.569. The molecule has 1 rings (SSSR count). The molecular weight excluding hydrogens is 242 g/mol. The number of sulfonamides is 1. The maximum Gasteiger partial charge on any atom is 0.208 e. The second kappa shape index (κ2) is 7.27. The third-order valence-electron chi connectivity index (χ3n) is 2.71. The first-order valence-electron chi connectivity index (χ1n) is 6.00. The molecule has 17 heavy (non-hydrogen) atoms. The van der Waals surface area contributed by atoms with Crippen molar-refractivity contribution in [2.45, 2.75) is 13.0 Å². The zero-order chi connectivity index (χ0) is 12.7. The van der Waals surface area contributed by atoms with E-state index in [1.54, 1.807) is 0 Å². The summed E-state index contributed by atoms with van der Waals surface area (Å²) in [6.45, 7) is 7.73. The van der Waals surface area contributed by atoms with Crippen molar-refractivity contribution in [2.24, 2.45) is 0 Å². The normalized spacial score (nSPS) is 22.8. The largest absolute Gasteiger partial charge is 0.374 e. The molecule has 0 bridgehead atoms. The fraction of sp³-hybridized carbons (Fsp3) is 1.00. The van der Waals surface area contributed by atoms with E-state index in [1.165, 1.54) is 0 Å². The van der Waals surface area contributed by atoms with Crippen LogP contribution in [0, 0.1) is 0 Å². The predicted octanol–water partition coefficient (Wildman–Crippen LogP) is -1.15. The molecule has 0 spiro atoms. The summed E-state index contributed by atoms with van der Waals surface area (Å²) >= 11 is 0. The van der Waals surface area contributed by atoms with Crippen molar-refractivity contribution < 1.29 is 13.2 Å². The molecule has 1 aliphatic heterocycles. The molecule has 1 fully saturated rings. The molecule has 0 saturated carbocycles. The van der Waals surface area contributed by atoms with Gasteiger partial charge in [0.25, 0.3) is 0 Å². The summed E-state index contributed by atoms with van der Waals surface area (Å²) in [6.07, 6.45) is 1.37. The van der Waals surface area contributed by atoms with Crippen LogP contribution in [-0.2, 0) is 14.8 Å². The van der Waals surface area contributed by atoms with Gasteiger partial charge in [0.15, 0.2) is 0 Å². The highest BCUT2D eigenvalue weighted by atomic mass is 32.2. The van der Waals surface area contributed by atoms with Gasteiger partial charge in [-0.3, -0.25) is 4.90 Å². The zero-order valence-electron chi connectivity index (χ0n) is 10.6. The molecule has 1 aliphatic rings. The summed E-state index contributed by atoms with van der Waals surface area (Å²) in [4.78, 5) is 2.35. The maximum absolute atomic E-state index is 10.8. The molecule has 0 aliphatic carbocycles. The standard InChI is InChI=1S/C10H23N3O3S/c1-3-13-6-7-16-10(9-13)8-11-4-5-12-17(2,14)15/h10-12H,3-9H2,1-2H3. The Morgan fingerprint density at radius 2 is 2.18 bits per heavy atom.